The summed E-state index contributed by atoms with van der Waals surface area (Å²) in [7, 11) is 1.80. The third kappa shape index (κ3) is 4.33. The van der Waals surface area contributed by atoms with E-state index in [9.17, 15) is 13.2 Å². The molecular formula is C25H29F3N6O2. The van der Waals surface area contributed by atoms with Gasteiger partial charge >= 0.3 is 6.18 Å². The second-order valence-electron chi connectivity index (χ2n) is 10.2. The number of fused-ring (bicyclic) bond motifs is 2. The van der Waals surface area contributed by atoms with Crippen molar-refractivity contribution < 1.29 is 22.6 Å². The number of alkyl halides is 3. The van der Waals surface area contributed by atoms with E-state index >= 15 is 0 Å². The molecule has 0 bridgehead atoms. The van der Waals surface area contributed by atoms with Crippen LogP contribution in [0.3, 0.4) is 0 Å². The fraction of sp³-hybridized carbons (Fsp3) is 0.560. The van der Waals surface area contributed by atoms with E-state index in [2.05, 4.69) is 15.3 Å². The van der Waals surface area contributed by atoms with Crippen LogP contribution in [-0.2, 0) is 22.7 Å². The summed E-state index contributed by atoms with van der Waals surface area (Å²) in [5.74, 6) is 0.310. The minimum atomic E-state index is -4.58. The molecule has 5 atom stereocenters. The number of aryl methyl sites for hydroxylation is 1. The lowest BCUT2D eigenvalue weighted by Crippen LogP contribution is -2.41. The van der Waals surface area contributed by atoms with E-state index in [1.807, 2.05) is 11.1 Å². The minimum absolute atomic E-state index is 0.0751. The van der Waals surface area contributed by atoms with Crippen LogP contribution < -0.4 is 10.6 Å². The molecule has 0 amide bonds. The van der Waals surface area contributed by atoms with E-state index in [1.54, 1.807) is 29.9 Å². The number of hydrogen-bond acceptors (Lipinski definition) is 7. The Morgan fingerprint density at radius 3 is 2.78 bits per heavy atom. The summed E-state index contributed by atoms with van der Waals surface area (Å²) in [6.07, 6.45) is -0.751. The average molecular weight is 503 g/mol. The van der Waals surface area contributed by atoms with E-state index < -0.39 is 11.7 Å². The van der Waals surface area contributed by atoms with Gasteiger partial charge in [0.1, 0.15) is 5.56 Å². The van der Waals surface area contributed by atoms with E-state index in [4.69, 9.17) is 15.2 Å². The van der Waals surface area contributed by atoms with Crippen molar-refractivity contribution in [2.24, 2.45) is 24.6 Å². The van der Waals surface area contributed by atoms with Crippen LogP contribution in [0.25, 0.3) is 22.2 Å². The first-order valence-corrected chi connectivity index (χ1v) is 12.4. The molecule has 0 spiro atoms. The minimum Gasteiger partial charge on any atom is -0.376 e. The second-order valence-corrected chi connectivity index (χ2v) is 10.2. The molecule has 2 aliphatic heterocycles. The van der Waals surface area contributed by atoms with Gasteiger partial charge in [-0.1, -0.05) is 6.07 Å². The monoisotopic (exact) mass is 502 g/mol. The topological polar surface area (TPSA) is 91.3 Å². The van der Waals surface area contributed by atoms with Crippen LogP contribution in [0.1, 0.15) is 24.8 Å². The lowest BCUT2D eigenvalue weighted by atomic mass is 9.90. The Balaban J connectivity index is 1.37. The first kappa shape index (κ1) is 23.6. The van der Waals surface area contributed by atoms with Crippen molar-refractivity contribution in [2.75, 3.05) is 31.3 Å². The second kappa shape index (κ2) is 8.97. The maximum absolute atomic E-state index is 14.4. The number of hydrogen-bond donors (Lipinski definition) is 1. The molecule has 36 heavy (non-hydrogen) atoms. The zero-order chi connectivity index (χ0) is 25.0. The smallest absolute Gasteiger partial charge is 0.376 e. The summed E-state index contributed by atoms with van der Waals surface area (Å²) in [6, 6.07) is 6.33. The van der Waals surface area contributed by atoms with Crippen molar-refractivity contribution >= 4 is 16.7 Å². The molecule has 1 aliphatic carbocycles. The summed E-state index contributed by atoms with van der Waals surface area (Å²) in [6.45, 7) is 1.96. The number of halogens is 3. The molecule has 4 heterocycles. The van der Waals surface area contributed by atoms with Crippen molar-refractivity contribution in [3.63, 3.8) is 0 Å². The molecule has 1 saturated carbocycles. The molecule has 11 heteroatoms. The van der Waals surface area contributed by atoms with Crippen LogP contribution in [0.4, 0.5) is 19.0 Å². The molecule has 8 nitrogen and oxygen atoms in total. The van der Waals surface area contributed by atoms with Crippen molar-refractivity contribution in [2.45, 2.75) is 43.6 Å². The van der Waals surface area contributed by atoms with Crippen molar-refractivity contribution in [3.8, 4) is 11.3 Å². The molecule has 3 aliphatic rings. The first-order chi connectivity index (χ1) is 17.3. The van der Waals surface area contributed by atoms with Gasteiger partial charge in [-0.15, -0.1) is 10.2 Å². The lowest BCUT2D eigenvalue weighted by Gasteiger charge is -2.34. The van der Waals surface area contributed by atoms with Crippen LogP contribution >= 0.6 is 0 Å². The standard InChI is InChI=1S/C25H29F3N6O2/c1-33-11-16-6-14(2-3-21(16)32-33)22-10-20(25(26,27)28)24(31-30-22)34-12-15-7-17(29)8-19(15)23(34)9-18-13-35-4-5-36-18/h2-3,6,10-11,15,17-19,23H,4-5,7-9,12-13,29H2,1H3/t15-,17+,18-,19+,23+/m1/s1. The van der Waals surface area contributed by atoms with Crippen LogP contribution in [0, 0.1) is 11.8 Å². The quantitative estimate of drug-likeness (QED) is 0.585. The van der Waals surface area contributed by atoms with Gasteiger partial charge in [0.05, 0.1) is 37.1 Å². The van der Waals surface area contributed by atoms with Gasteiger partial charge in [0.15, 0.2) is 5.82 Å². The average Bonchev–Trinajstić information content (AvgIpc) is 3.50. The largest absolute Gasteiger partial charge is 0.420 e. The van der Waals surface area contributed by atoms with Gasteiger partial charge < -0.3 is 20.1 Å². The van der Waals surface area contributed by atoms with Gasteiger partial charge in [0, 0.05) is 42.8 Å². The Bertz CT molecular complexity index is 1260. The molecular weight excluding hydrogens is 473 g/mol. The van der Waals surface area contributed by atoms with E-state index in [1.165, 1.54) is 0 Å². The maximum Gasteiger partial charge on any atom is 0.420 e. The predicted molar refractivity (Wildman–Crippen MR) is 127 cm³/mol. The highest BCUT2D eigenvalue weighted by Gasteiger charge is 2.50. The summed E-state index contributed by atoms with van der Waals surface area (Å²) in [4.78, 5) is 1.81. The molecule has 0 unspecified atom stereocenters. The summed E-state index contributed by atoms with van der Waals surface area (Å²) >= 11 is 0. The third-order valence-corrected chi connectivity index (χ3v) is 7.77. The van der Waals surface area contributed by atoms with Gasteiger partial charge in [0.2, 0.25) is 0 Å². The van der Waals surface area contributed by atoms with Crippen LogP contribution in [0.5, 0.6) is 0 Å². The van der Waals surface area contributed by atoms with Crippen molar-refractivity contribution in [1.29, 1.82) is 0 Å². The molecule has 0 radical (unpaired) electrons. The first-order valence-electron chi connectivity index (χ1n) is 12.4. The fourth-order valence-electron chi connectivity index (χ4n) is 6.25. The normalized spacial score (nSPS) is 28.7. The highest BCUT2D eigenvalue weighted by Crippen LogP contribution is 2.47. The molecule has 6 rings (SSSR count). The highest BCUT2D eigenvalue weighted by molar-refractivity contribution is 5.83. The Labute approximate surface area is 206 Å². The number of anilines is 1. The molecule has 1 aromatic carbocycles. The molecule has 2 aromatic heterocycles. The number of aromatic nitrogens is 4. The van der Waals surface area contributed by atoms with E-state index in [0.29, 0.717) is 38.3 Å². The number of benzene rings is 1. The Hall–Kier alpha value is -2.76. The van der Waals surface area contributed by atoms with Gasteiger partial charge in [-0.05, 0) is 49.3 Å². The Morgan fingerprint density at radius 2 is 2.00 bits per heavy atom. The summed E-state index contributed by atoms with van der Waals surface area (Å²) in [5.41, 5.74) is 6.98. The van der Waals surface area contributed by atoms with Crippen LogP contribution in [0.15, 0.2) is 30.5 Å². The molecule has 2 saturated heterocycles. The molecule has 2 N–H and O–H groups in total. The fourth-order valence-corrected chi connectivity index (χ4v) is 6.25. The predicted octanol–water partition coefficient (Wildman–Crippen LogP) is 3.40. The molecule has 192 valence electrons. The van der Waals surface area contributed by atoms with Gasteiger partial charge in [-0.2, -0.15) is 18.3 Å². The van der Waals surface area contributed by atoms with Crippen LogP contribution in [0.2, 0.25) is 0 Å². The third-order valence-electron chi connectivity index (χ3n) is 7.77. The zero-order valence-electron chi connectivity index (χ0n) is 20.0. The van der Waals surface area contributed by atoms with E-state index in [0.717, 1.165) is 29.8 Å². The van der Waals surface area contributed by atoms with Crippen molar-refractivity contribution in [1.82, 2.24) is 20.0 Å². The Morgan fingerprint density at radius 1 is 1.14 bits per heavy atom. The maximum atomic E-state index is 14.4. The van der Waals surface area contributed by atoms with Crippen LogP contribution in [-0.4, -0.2) is 64.5 Å². The van der Waals surface area contributed by atoms with Gasteiger partial charge in [0.25, 0.3) is 0 Å². The Kier molecular flexibility index (Phi) is 5.88. The molecule has 3 aromatic rings. The number of rotatable bonds is 4. The molecule has 3 fully saturated rings. The van der Waals surface area contributed by atoms with E-state index in [-0.39, 0.29) is 41.5 Å². The lowest BCUT2D eigenvalue weighted by molar-refractivity contribution is -0.137. The SMILES string of the molecule is Cn1cc2cc(-c3cc(C(F)(F)F)c(N4C[C@H]5C[C@H](N)C[C@@H]5[C@@H]4C[C@@H]4COCCO4)nn3)ccc2n1. The number of nitrogens with zero attached hydrogens (tertiary/aromatic N) is 5. The number of ether oxygens (including phenoxy) is 2. The van der Waals surface area contributed by atoms with Gasteiger partial charge in [-0.3, -0.25) is 4.68 Å². The van der Waals surface area contributed by atoms with Gasteiger partial charge in [-0.25, -0.2) is 0 Å². The summed E-state index contributed by atoms with van der Waals surface area (Å²) < 4.78 is 56.3. The summed E-state index contributed by atoms with van der Waals surface area (Å²) in [5, 5.41) is 13.6. The zero-order valence-corrected chi connectivity index (χ0v) is 20.0. The number of nitrogens with two attached hydrogens (primary N) is 1. The highest BCUT2D eigenvalue weighted by atomic mass is 19.4. The van der Waals surface area contributed by atoms with Crippen molar-refractivity contribution in [3.05, 3.63) is 36.0 Å².